The Kier molecular flexibility index (Phi) is 6.49. The summed E-state index contributed by atoms with van der Waals surface area (Å²) in [6, 6.07) is 17.3. The number of rotatable bonds is 4. The number of aryl methyl sites for hydroxylation is 2. The molecule has 6 nitrogen and oxygen atoms in total. The Morgan fingerprint density at radius 3 is 2.27 bits per heavy atom. The number of hydrogen-bond donors (Lipinski definition) is 3. The number of anilines is 3. The Bertz CT molecular complexity index is 1370. The Morgan fingerprint density at radius 2 is 1.55 bits per heavy atom. The summed E-state index contributed by atoms with van der Waals surface area (Å²) in [5, 5.41) is 9.75. The van der Waals surface area contributed by atoms with Gasteiger partial charge in [0.1, 0.15) is 0 Å². The van der Waals surface area contributed by atoms with Crippen LogP contribution in [0.3, 0.4) is 0 Å². The summed E-state index contributed by atoms with van der Waals surface area (Å²) in [5.41, 5.74) is 4.27. The Balaban J connectivity index is 1.64. The number of aromatic nitrogens is 1. The van der Waals surface area contributed by atoms with Gasteiger partial charge in [0.25, 0.3) is 5.91 Å². The van der Waals surface area contributed by atoms with E-state index in [2.05, 4.69) is 20.9 Å². The molecule has 0 spiro atoms. The van der Waals surface area contributed by atoms with Gasteiger partial charge in [-0.05, 0) is 55.3 Å². The lowest BCUT2D eigenvalue weighted by atomic mass is 10.1. The van der Waals surface area contributed by atoms with Crippen LogP contribution >= 0.6 is 23.2 Å². The number of carbonyl (C=O) groups is 2. The summed E-state index contributed by atoms with van der Waals surface area (Å²) in [6.07, 6.45) is 1.64. The van der Waals surface area contributed by atoms with Gasteiger partial charge >= 0.3 is 6.03 Å². The fraction of sp³-hybridized carbons (Fsp3) is 0.0800. The minimum atomic E-state index is -0.452. The number of urea groups is 1. The summed E-state index contributed by atoms with van der Waals surface area (Å²) in [7, 11) is 0. The third kappa shape index (κ3) is 4.92. The van der Waals surface area contributed by atoms with Crippen LogP contribution in [0.25, 0.3) is 10.9 Å². The minimum absolute atomic E-state index is 0.181. The highest BCUT2D eigenvalue weighted by atomic mass is 35.5. The van der Waals surface area contributed by atoms with Crippen LogP contribution in [-0.4, -0.2) is 16.9 Å². The van der Waals surface area contributed by atoms with E-state index in [1.54, 1.807) is 36.5 Å². The molecule has 33 heavy (non-hydrogen) atoms. The monoisotopic (exact) mass is 478 g/mol. The van der Waals surface area contributed by atoms with Crippen LogP contribution in [-0.2, 0) is 0 Å². The van der Waals surface area contributed by atoms with Gasteiger partial charge in [-0.2, -0.15) is 0 Å². The maximum atomic E-state index is 12.9. The number of carbonyl (C=O) groups excluding carboxylic acids is 2. The molecule has 0 radical (unpaired) electrons. The molecule has 0 aliphatic heterocycles. The van der Waals surface area contributed by atoms with Gasteiger partial charge in [-0.1, -0.05) is 53.5 Å². The van der Waals surface area contributed by atoms with Crippen molar-refractivity contribution in [1.82, 2.24) is 4.98 Å². The van der Waals surface area contributed by atoms with E-state index in [0.29, 0.717) is 28.0 Å². The van der Waals surface area contributed by atoms with E-state index in [9.17, 15) is 9.59 Å². The van der Waals surface area contributed by atoms with Gasteiger partial charge in [-0.3, -0.25) is 9.78 Å². The standard InChI is InChI=1S/C25H20Cl2N4O2/c1-14-6-3-7-16(12-14)29-25(33)31-22-15(2)13-28-23-17(22)8-4-11-20(23)30-24(32)21-18(26)9-5-10-19(21)27/h3-13H,1-2H3,(H,30,32)(H2,28,29,31,33). The zero-order valence-corrected chi connectivity index (χ0v) is 19.4. The number of pyridine rings is 1. The highest BCUT2D eigenvalue weighted by Crippen LogP contribution is 2.32. The minimum Gasteiger partial charge on any atom is -0.320 e. The molecule has 3 aromatic carbocycles. The molecule has 8 heteroatoms. The molecule has 4 aromatic rings. The highest BCUT2D eigenvalue weighted by molar-refractivity contribution is 6.40. The number of fused-ring (bicyclic) bond motifs is 1. The molecule has 0 aliphatic rings. The average Bonchev–Trinajstić information content (AvgIpc) is 2.76. The van der Waals surface area contributed by atoms with Crippen molar-refractivity contribution in [3.05, 3.63) is 93.6 Å². The summed E-state index contributed by atoms with van der Waals surface area (Å²) in [6.45, 7) is 3.80. The second kappa shape index (κ2) is 9.48. The van der Waals surface area contributed by atoms with Gasteiger partial charge in [0, 0.05) is 17.3 Å². The Labute approximate surface area is 200 Å². The lowest BCUT2D eigenvalue weighted by Crippen LogP contribution is -2.20. The highest BCUT2D eigenvalue weighted by Gasteiger charge is 2.17. The smallest absolute Gasteiger partial charge is 0.320 e. The van der Waals surface area contributed by atoms with Gasteiger partial charge in [-0.15, -0.1) is 0 Å². The number of nitrogens with zero attached hydrogens (tertiary/aromatic N) is 1. The molecule has 0 saturated carbocycles. The predicted molar refractivity (Wildman–Crippen MR) is 135 cm³/mol. The Morgan fingerprint density at radius 1 is 0.848 bits per heavy atom. The molecule has 3 amide bonds. The molecule has 0 aliphatic carbocycles. The van der Waals surface area contributed by atoms with Crippen molar-refractivity contribution in [3.63, 3.8) is 0 Å². The first kappa shape index (κ1) is 22.6. The second-order valence-corrected chi connectivity index (χ2v) is 8.33. The molecule has 0 bridgehead atoms. The lowest BCUT2D eigenvalue weighted by Gasteiger charge is -2.15. The van der Waals surface area contributed by atoms with Crippen molar-refractivity contribution in [1.29, 1.82) is 0 Å². The van der Waals surface area contributed by atoms with Crippen molar-refractivity contribution in [3.8, 4) is 0 Å². The first-order valence-corrected chi connectivity index (χ1v) is 10.9. The van der Waals surface area contributed by atoms with Crippen LogP contribution in [0.2, 0.25) is 10.0 Å². The van der Waals surface area contributed by atoms with Gasteiger partial charge in [0.05, 0.1) is 32.5 Å². The number of halogens is 2. The Hall–Kier alpha value is -3.61. The van der Waals surface area contributed by atoms with Crippen molar-refractivity contribution in [2.75, 3.05) is 16.0 Å². The molecule has 4 rings (SSSR count). The summed E-state index contributed by atoms with van der Waals surface area (Å²) in [4.78, 5) is 30.0. The van der Waals surface area contributed by atoms with Crippen molar-refractivity contribution < 1.29 is 9.59 Å². The maximum absolute atomic E-state index is 12.9. The zero-order chi connectivity index (χ0) is 23.5. The number of nitrogens with one attached hydrogen (secondary N) is 3. The summed E-state index contributed by atoms with van der Waals surface area (Å²) >= 11 is 12.3. The third-order valence-electron chi connectivity index (χ3n) is 5.04. The van der Waals surface area contributed by atoms with Crippen molar-refractivity contribution >= 4 is 63.1 Å². The largest absolute Gasteiger partial charge is 0.323 e. The van der Waals surface area contributed by atoms with E-state index in [1.165, 1.54) is 0 Å². The first-order valence-electron chi connectivity index (χ1n) is 10.1. The molecule has 0 unspecified atom stereocenters. The molecule has 3 N–H and O–H groups in total. The SMILES string of the molecule is Cc1cccc(NC(=O)Nc2c(C)cnc3c(NC(=O)c4c(Cl)cccc4Cl)cccc23)c1. The molecule has 0 fully saturated rings. The van der Waals surface area contributed by atoms with E-state index in [4.69, 9.17) is 23.2 Å². The van der Waals surface area contributed by atoms with Crippen LogP contribution in [0.4, 0.5) is 21.9 Å². The van der Waals surface area contributed by atoms with Crippen LogP contribution < -0.4 is 16.0 Å². The number of benzene rings is 3. The molecule has 1 aromatic heterocycles. The van der Waals surface area contributed by atoms with Crippen LogP contribution in [0.5, 0.6) is 0 Å². The van der Waals surface area contributed by atoms with Gasteiger partial charge in [0.2, 0.25) is 0 Å². The number of amides is 3. The fourth-order valence-electron chi connectivity index (χ4n) is 3.49. The topological polar surface area (TPSA) is 83.1 Å². The van der Waals surface area contributed by atoms with Gasteiger partial charge in [0.15, 0.2) is 0 Å². The van der Waals surface area contributed by atoms with E-state index < -0.39 is 5.91 Å². The first-order chi connectivity index (χ1) is 15.8. The maximum Gasteiger partial charge on any atom is 0.323 e. The average molecular weight is 479 g/mol. The summed E-state index contributed by atoms with van der Waals surface area (Å²) in [5.74, 6) is -0.452. The van der Waals surface area contributed by atoms with E-state index in [0.717, 1.165) is 11.1 Å². The van der Waals surface area contributed by atoms with Crippen LogP contribution in [0.1, 0.15) is 21.5 Å². The third-order valence-corrected chi connectivity index (χ3v) is 5.67. The predicted octanol–water partition coefficient (Wildman–Crippen LogP) is 7.05. The number of hydrogen-bond acceptors (Lipinski definition) is 3. The van der Waals surface area contributed by atoms with Crippen LogP contribution in [0, 0.1) is 13.8 Å². The lowest BCUT2D eigenvalue weighted by molar-refractivity contribution is 0.102. The van der Waals surface area contributed by atoms with Crippen molar-refractivity contribution in [2.45, 2.75) is 13.8 Å². The summed E-state index contributed by atoms with van der Waals surface area (Å²) < 4.78 is 0. The van der Waals surface area contributed by atoms with E-state index >= 15 is 0 Å². The fourth-order valence-corrected chi connectivity index (χ4v) is 4.06. The normalized spacial score (nSPS) is 10.7. The quantitative estimate of drug-likeness (QED) is 0.293. The molecule has 1 heterocycles. The molecular formula is C25H20Cl2N4O2. The molecule has 0 atom stereocenters. The molecule has 0 saturated heterocycles. The molecular weight excluding hydrogens is 459 g/mol. The van der Waals surface area contributed by atoms with Gasteiger partial charge in [-0.25, -0.2) is 4.79 Å². The second-order valence-electron chi connectivity index (χ2n) is 7.52. The van der Waals surface area contributed by atoms with E-state index in [1.807, 2.05) is 44.2 Å². The van der Waals surface area contributed by atoms with Gasteiger partial charge < -0.3 is 16.0 Å². The molecule has 166 valence electrons. The van der Waals surface area contributed by atoms with E-state index in [-0.39, 0.29) is 21.6 Å². The van der Waals surface area contributed by atoms with Crippen molar-refractivity contribution in [2.24, 2.45) is 0 Å². The van der Waals surface area contributed by atoms with Crippen LogP contribution in [0.15, 0.2) is 66.9 Å². The number of para-hydroxylation sites is 1. The zero-order valence-electron chi connectivity index (χ0n) is 17.9.